The van der Waals surface area contributed by atoms with Gasteiger partial charge in [0, 0.05) is 30.3 Å². The highest BCUT2D eigenvalue weighted by atomic mass is 79.9. The number of unbranched alkanes of at least 4 members (excludes halogenated alkanes) is 2. The summed E-state index contributed by atoms with van der Waals surface area (Å²) in [5, 5.41) is 3.71. The van der Waals surface area contributed by atoms with Crippen molar-refractivity contribution in [2.45, 2.75) is 19.3 Å². The zero-order chi connectivity index (χ0) is 11.8. The highest BCUT2D eigenvalue weighted by Gasteiger charge is 2.07. The van der Waals surface area contributed by atoms with Crippen LogP contribution in [-0.2, 0) is 0 Å². The molecule has 1 amide bonds. The van der Waals surface area contributed by atoms with Gasteiger partial charge in [-0.25, -0.2) is 0 Å². The first-order valence-corrected chi connectivity index (χ1v) is 6.39. The van der Waals surface area contributed by atoms with Crippen molar-refractivity contribution in [1.29, 1.82) is 0 Å². The van der Waals surface area contributed by atoms with Crippen LogP contribution >= 0.6 is 15.9 Å². The number of nitrogens with one attached hydrogen (secondary N) is 2. The van der Waals surface area contributed by atoms with E-state index >= 15 is 0 Å². The van der Waals surface area contributed by atoms with Crippen molar-refractivity contribution >= 4 is 21.8 Å². The second kappa shape index (κ2) is 7.22. The van der Waals surface area contributed by atoms with Gasteiger partial charge >= 0.3 is 0 Å². The van der Waals surface area contributed by atoms with Crippen LogP contribution in [0.15, 0.2) is 23.3 Å². The summed E-state index contributed by atoms with van der Waals surface area (Å²) in [6, 6.07) is 1.35. The Hall–Kier alpha value is -1.10. The molecule has 1 aromatic heterocycles. The van der Waals surface area contributed by atoms with Gasteiger partial charge in [-0.1, -0.05) is 22.4 Å². The Morgan fingerprint density at radius 2 is 2.19 bits per heavy atom. The minimum atomic E-state index is -0.305. The molecule has 0 saturated carbocycles. The van der Waals surface area contributed by atoms with Gasteiger partial charge in [0.25, 0.3) is 5.91 Å². The summed E-state index contributed by atoms with van der Waals surface area (Å²) in [7, 11) is 0. The first kappa shape index (κ1) is 13.0. The molecule has 0 aliphatic carbocycles. The average Bonchev–Trinajstić information content (AvgIpc) is 2.29. The first-order valence-electron chi connectivity index (χ1n) is 5.27. The van der Waals surface area contributed by atoms with Crippen LogP contribution in [0, 0.1) is 0 Å². The molecule has 16 heavy (non-hydrogen) atoms. The zero-order valence-electron chi connectivity index (χ0n) is 8.96. The summed E-state index contributed by atoms with van der Waals surface area (Å²) in [6.07, 6.45) is 6.03. The smallest absolute Gasteiger partial charge is 0.256 e. The number of pyridine rings is 1. The quantitative estimate of drug-likeness (QED) is 0.617. The monoisotopic (exact) mass is 286 g/mol. The number of aromatic nitrogens is 1. The third kappa shape index (κ3) is 4.18. The van der Waals surface area contributed by atoms with Crippen LogP contribution in [0.4, 0.5) is 0 Å². The maximum Gasteiger partial charge on any atom is 0.256 e. The summed E-state index contributed by atoms with van der Waals surface area (Å²) < 4.78 is 0. The van der Waals surface area contributed by atoms with Crippen molar-refractivity contribution in [2.75, 3.05) is 11.9 Å². The van der Waals surface area contributed by atoms with Crippen LogP contribution < -0.4 is 10.7 Å². The van der Waals surface area contributed by atoms with E-state index in [4.69, 9.17) is 0 Å². The second-order valence-corrected chi connectivity index (χ2v) is 4.22. The van der Waals surface area contributed by atoms with E-state index in [1.165, 1.54) is 18.5 Å². The number of carbonyl (C=O) groups is 1. The summed E-state index contributed by atoms with van der Waals surface area (Å²) >= 11 is 3.34. The Morgan fingerprint density at radius 3 is 2.88 bits per heavy atom. The van der Waals surface area contributed by atoms with Gasteiger partial charge in [-0.3, -0.25) is 9.59 Å². The molecule has 88 valence electrons. The lowest BCUT2D eigenvalue weighted by Gasteiger charge is -2.03. The van der Waals surface area contributed by atoms with E-state index < -0.39 is 0 Å². The Kier molecular flexibility index (Phi) is 5.85. The van der Waals surface area contributed by atoms with E-state index in [0.717, 1.165) is 24.6 Å². The Morgan fingerprint density at radius 1 is 1.38 bits per heavy atom. The van der Waals surface area contributed by atoms with Gasteiger partial charge in [-0.15, -0.1) is 0 Å². The van der Waals surface area contributed by atoms with Crippen molar-refractivity contribution in [3.63, 3.8) is 0 Å². The number of halogens is 1. The van der Waals surface area contributed by atoms with Gasteiger partial charge in [0.1, 0.15) is 5.56 Å². The predicted molar refractivity (Wildman–Crippen MR) is 67.0 cm³/mol. The SMILES string of the molecule is O=C(NCCCCCBr)c1c[nH]ccc1=O. The van der Waals surface area contributed by atoms with Crippen LogP contribution in [0.5, 0.6) is 0 Å². The van der Waals surface area contributed by atoms with Gasteiger partial charge in [-0.05, 0) is 12.8 Å². The molecule has 0 spiro atoms. The molecule has 0 aliphatic heterocycles. The third-order valence-electron chi connectivity index (χ3n) is 2.16. The molecule has 2 N–H and O–H groups in total. The molecule has 0 atom stereocenters. The highest BCUT2D eigenvalue weighted by molar-refractivity contribution is 9.09. The Balaban J connectivity index is 2.36. The third-order valence-corrected chi connectivity index (χ3v) is 2.73. The van der Waals surface area contributed by atoms with Gasteiger partial charge in [0.2, 0.25) is 0 Å². The average molecular weight is 287 g/mol. The number of amides is 1. The molecule has 0 aliphatic rings. The minimum Gasteiger partial charge on any atom is -0.367 e. The van der Waals surface area contributed by atoms with E-state index in [2.05, 4.69) is 26.2 Å². The predicted octanol–water partition coefficient (Wildman–Crippen LogP) is 1.67. The van der Waals surface area contributed by atoms with Crippen LogP contribution in [0.1, 0.15) is 29.6 Å². The molecule has 0 radical (unpaired) electrons. The molecule has 4 nitrogen and oxygen atoms in total. The summed E-state index contributed by atoms with van der Waals surface area (Å²) in [5.41, 5.74) is -0.0836. The number of alkyl halides is 1. The number of H-pyrrole nitrogens is 1. The van der Waals surface area contributed by atoms with E-state index in [1.54, 1.807) is 0 Å². The van der Waals surface area contributed by atoms with Crippen LogP contribution in [0.2, 0.25) is 0 Å². The van der Waals surface area contributed by atoms with Crippen molar-refractivity contribution < 1.29 is 4.79 Å². The molecule has 0 saturated heterocycles. The fourth-order valence-electron chi connectivity index (χ4n) is 1.29. The number of rotatable bonds is 6. The fraction of sp³-hybridized carbons (Fsp3) is 0.455. The summed E-state index contributed by atoms with van der Waals surface area (Å²) in [6.45, 7) is 0.611. The van der Waals surface area contributed by atoms with E-state index in [-0.39, 0.29) is 16.9 Å². The topological polar surface area (TPSA) is 62.0 Å². The normalized spacial score (nSPS) is 10.1. The lowest BCUT2D eigenvalue weighted by molar-refractivity contribution is 0.0951. The van der Waals surface area contributed by atoms with Crippen molar-refractivity contribution in [1.82, 2.24) is 10.3 Å². The molecule has 1 aromatic rings. The molecule has 1 rings (SSSR count). The molecular formula is C11H15BrN2O2. The fourth-order valence-corrected chi connectivity index (χ4v) is 1.68. The second-order valence-electron chi connectivity index (χ2n) is 3.43. The molecular weight excluding hydrogens is 272 g/mol. The molecule has 0 unspecified atom stereocenters. The molecule has 1 heterocycles. The van der Waals surface area contributed by atoms with Gasteiger partial charge in [0.05, 0.1) is 0 Å². The number of aromatic amines is 1. The van der Waals surface area contributed by atoms with Crippen LogP contribution in [0.25, 0.3) is 0 Å². The molecule has 0 fully saturated rings. The van der Waals surface area contributed by atoms with Crippen LogP contribution in [0.3, 0.4) is 0 Å². The number of hydrogen-bond donors (Lipinski definition) is 2. The van der Waals surface area contributed by atoms with Gasteiger partial charge in [-0.2, -0.15) is 0 Å². The zero-order valence-corrected chi connectivity index (χ0v) is 10.5. The molecule has 0 bridgehead atoms. The molecule has 5 heteroatoms. The van der Waals surface area contributed by atoms with Crippen LogP contribution in [-0.4, -0.2) is 22.8 Å². The van der Waals surface area contributed by atoms with E-state index in [9.17, 15) is 9.59 Å². The lowest BCUT2D eigenvalue weighted by atomic mass is 10.2. The van der Waals surface area contributed by atoms with Crippen molar-refractivity contribution in [3.05, 3.63) is 34.2 Å². The van der Waals surface area contributed by atoms with Gasteiger partial charge < -0.3 is 10.3 Å². The maximum absolute atomic E-state index is 11.6. The maximum atomic E-state index is 11.6. The van der Waals surface area contributed by atoms with Crippen molar-refractivity contribution in [3.8, 4) is 0 Å². The minimum absolute atomic E-state index is 0.169. The largest absolute Gasteiger partial charge is 0.367 e. The summed E-state index contributed by atoms with van der Waals surface area (Å²) in [4.78, 5) is 25.6. The van der Waals surface area contributed by atoms with Crippen molar-refractivity contribution in [2.24, 2.45) is 0 Å². The number of hydrogen-bond acceptors (Lipinski definition) is 2. The standard InChI is InChI=1S/C11H15BrN2O2/c12-5-2-1-3-6-14-11(16)9-8-13-7-4-10(9)15/h4,7-8H,1-3,5-6H2,(H,13,15)(H,14,16). The van der Waals surface area contributed by atoms with E-state index in [0.29, 0.717) is 6.54 Å². The number of carbonyl (C=O) groups excluding carboxylic acids is 1. The highest BCUT2D eigenvalue weighted by Crippen LogP contribution is 1.97. The van der Waals surface area contributed by atoms with E-state index in [1.807, 2.05) is 0 Å². The first-order chi connectivity index (χ1) is 7.75. The Labute approximate surface area is 103 Å². The summed E-state index contributed by atoms with van der Waals surface area (Å²) in [5.74, 6) is -0.305. The van der Waals surface area contributed by atoms with Gasteiger partial charge in [0.15, 0.2) is 5.43 Å². The lowest BCUT2D eigenvalue weighted by Crippen LogP contribution is -2.29. The molecule has 0 aromatic carbocycles. The Bertz CT molecular complexity index is 390.